The molecule has 6 heteroatoms. The number of aromatic nitrogens is 1. The summed E-state index contributed by atoms with van der Waals surface area (Å²) in [6, 6.07) is 0. The van der Waals surface area contributed by atoms with E-state index < -0.39 is 5.60 Å². The number of nitrogens with zero attached hydrogens (tertiary/aromatic N) is 1. The lowest BCUT2D eigenvalue weighted by atomic mass is 9.98. The van der Waals surface area contributed by atoms with Crippen molar-refractivity contribution in [1.82, 2.24) is 4.98 Å². The zero-order valence-corrected chi connectivity index (χ0v) is 12.3. The quantitative estimate of drug-likeness (QED) is 0.836. The van der Waals surface area contributed by atoms with Crippen molar-refractivity contribution in [2.75, 3.05) is 11.6 Å². The van der Waals surface area contributed by atoms with Crippen LogP contribution in [0.3, 0.4) is 0 Å². The molecule has 4 nitrogen and oxygen atoms in total. The van der Waals surface area contributed by atoms with E-state index in [2.05, 4.69) is 10.3 Å². The van der Waals surface area contributed by atoms with Crippen molar-refractivity contribution in [3.63, 3.8) is 0 Å². The second kappa shape index (κ2) is 5.59. The summed E-state index contributed by atoms with van der Waals surface area (Å²) in [6.45, 7) is 1.93. The predicted octanol–water partition coefficient (Wildman–Crippen LogP) is 2.81. The number of nitrogens with one attached hydrogen (secondary N) is 1. The summed E-state index contributed by atoms with van der Waals surface area (Å²) in [5.74, 6) is -0.138. The van der Waals surface area contributed by atoms with Crippen LogP contribution in [0.2, 0.25) is 0 Å². The van der Waals surface area contributed by atoms with Gasteiger partial charge in [0, 0.05) is 0 Å². The monoisotopic (exact) mass is 286 g/mol. The zero-order chi connectivity index (χ0) is 13.2. The third kappa shape index (κ3) is 3.24. The van der Waals surface area contributed by atoms with Gasteiger partial charge in [-0.1, -0.05) is 24.2 Å². The van der Waals surface area contributed by atoms with Crippen LogP contribution in [0.5, 0.6) is 0 Å². The number of aryl methyl sites for hydroxylation is 1. The molecule has 2 N–H and O–H groups in total. The molecule has 100 valence electrons. The Hall–Kier alpha value is -0.590. The molecule has 0 atom stereocenters. The second-order valence-electron chi connectivity index (χ2n) is 4.75. The smallest absolute Gasteiger partial charge is 0.229 e. The van der Waals surface area contributed by atoms with Gasteiger partial charge in [-0.3, -0.25) is 4.79 Å². The summed E-state index contributed by atoms with van der Waals surface area (Å²) in [5.41, 5.74) is 0.154. The molecule has 0 radical (unpaired) electrons. The number of rotatable bonds is 4. The molecule has 1 amide bonds. The summed E-state index contributed by atoms with van der Waals surface area (Å²) in [7, 11) is 0. The van der Waals surface area contributed by atoms with Crippen LogP contribution in [-0.4, -0.2) is 27.9 Å². The normalized spacial score (nSPS) is 17.9. The van der Waals surface area contributed by atoms with Gasteiger partial charge in [0.25, 0.3) is 0 Å². The molecule has 1 aromatic heterocycles. The molecule has 1 aliphatic rings. The lowest BCUT2D eigenvalue weighted by Gasteiger charge is -2.20. The molecular weight excluding hydrogens is 268 g/mol. The fourth-order valence-electron chi connectivity index (χ4n) is 2.30. The van der Waals surface area contributed by atoms with Gasteiger partial charge in [-0.25, -0.2) is 4.98 Å². The molecule has 0 spiro atoms. The average Bonchev–Trinajstić information content (AvgIpc) is 2.85. The van der Waals surface area contributed by atoms with E-state index in [1.165, 1.54) is 11.3 Å². The van der Waals surface area contributed by atoms with E-state index in [1.807, 2.05) is 13.2 Å². The second-order valence-corrected chi connectivity index (χ2v) is 6.83. The highest BCUT2D eigenvalue weighted by Crippen LogP contribution is 2.34. The van der Waals surface area contributed by atoms with Crippen molar-refractivity contribution < 1.29 is 9.90 Å². The Bertz CT molecular complexity index is 439. The molecule has 18 heavy (non-hydrogen) atoms. The number of amides is 1. The Labute approximate surface area is 115 Å². The fraction of sp³-hybridized carbons (Fsp3) is 0.667. The third-order valence-electron chi connectivity index (χ3n) is 3.21. The van der Waals surface area contributed by atoms with Crippen molar-refractivity contribution in [2.45, 2.75) is 48.8 Å². The number of hydrogen-bond acceptors (Lipinski definition) is 5. The number of hydrogen-bond donors (Lipinski definition) is 2. The van der Waals surface area contributed by atoms with Crippen LogP contribution in [-0.2, 0) is 4.79 Å². The highest BCUT2D eigenvalue weighted by Gasteiger charge is 2.33. The minimum absolute atomic E-state index is 0.138. The maximum absolute atomic E-state index is 11.9. The van der Waals surface area contributed by atoms with Crippen LogP contribution in [0.25, 0.3) is 0 Å². The molecule has 0 bridgehead atoms. The molecule has 0 aromatic carbocycles. The van der Waals surface area contributed by atoms with E-state index in [0.29, 0.717) is 5.13 Å². The van der Waals surface area contributed by atoms with Crippen molar-refractivity contribution in [2.24, 2.45) is 0 Å². The van der Waals surface area contributed by atoms with Crippen molar-refractivity contribution >= 4 is 34.1 Å². The topological polar surface area (TPSA) is 62.2 Å². The number of thioether (sulfide) groups is 1. The number of thiazole rings is 1. The van der Waals surface area contributed by atoms with Gasteiger partial charge in [-0.05, 0) is 26.0 Å². The fourth-order valence-corrected chi connectivity index (χ4v) is 3.93. The van der Waals surface area contributed by atoms with Crippen LogP contribution >= 0.6 is 23.1 Å². The van der Waals surface area contributed by atoms with E-state index in [1.54, 1.807) is 11.8 Å². The van der Waals surface area contributed by atoms with Crippen molar-refractivity contribution in [3.8, 4) is 0 Å². The molecule has 0 aliphatic heterocycles. The first kappa shape index (κ1) is 13.8. The number of anilines is 1. The van der Waals surface area contributed by atoms with E-state index in [-0.39, 0.29) is 12.3 Å². The number of carbonyl (C=O) groups is 1. The number of aliphatic hydroxyl groups is 1. The SMILES string of the molecule is CSc1sc(NC(=O)CC2(O)CCCC2)nc1C. The van der Waals surface area contributed by atoms with E-state index in [9.17, 15) is 9.90 Å². The maximum Gasteiger partial charge on any atom is 0.229 e. The van der Waals surface area contributed by atoms with Gasteiger partial charge >= 0.3 is 0 Å². The largest absolute Gasteiger partial charge is 0.389 e. The standard InChI is InChI=1S/C12H18N2O2S2/c1-8-10(17-2)18-11(13-8)14-9(15)7-12(16)5-3-4-6-12/h16H,3-7H2,1-2H3,(H,13,14,15). The van der Waals surface area contributed by atoms with Gasteiger partial charge in [-0.2, -0.15) is 0 Å². The molecular formula is C12H18N2O2S2. The zero-order valence-electron chi connectivity index (χ0n) is 10.7. The summed E-state index contributed by atoms with van der Waals surface area (Å²) in [5, 5.41) is 13.6. The summed E-state index contributed by atoms with van der Waals surface area (Å²) in [6.07, 6.45) is 5.65. The lowest BCUT2D eigenvalue weighted by Crippen LogP contribution is -2.30. The Morgan fingerprint density at radius 2 is 2.22 bits per heavy atom. The first-order valence-electron chi connectivity index (χ1n) is 6.06. The minimum Gasteiger partial charge on any atom is -0.389 e. The molecule has 1 saturated carbocycles. The van der Waals surface area contributed by atoms with Gasteiger partial charge in [0.1, 0.15) is 0 Å². The molecule has 1 aliphatic carbocycles. The molecule has 1 fully saturated rings. The Morgan fingerprint density at radius 1 is 1.56 bits per heavy atom. The molecule has 1 heterocycles. The molecule has 2 rings (SSSR count). The highest BCUT2D eigenvalue weighted by atomic mass is 32.2. The van der Waals surface area contributed by atoms with Gasteiger partial charge in [0.2, 0.25) is 5.91 Å². The van der Waals surface area contributed by atoms with Crippen LogP contribution in [0.15, 0.2) is 4.21 Å². The van der Waals surface area contributed by atoms with Crippen LogP contribution in [0, 0.1) is 6.92 Å². The van der Waals surface area contributed by atoms with Crippen LogP contribution in [0.1, 0.15) is 37.8 Å². The van der Waals surface area contributed by atoms with Crippen LogP contribution < -0.4 is 5.32 Å². The maximum atomic E-state index is 11.9. The van der Waals surface area contributed by atoms with Gasteiger partial charge in [0.05, 0.1) is 21.9 Å². The first-order valence-corrected chi connectivity index (χ1v) is 8.10. The summed E-state index contributed by atoms with van der Waals surface area (Å²) in [4.78, 5) is 16.2. The summed E-state index contributed by atoms with van der Waals surface area (Å²) >= 11 is 3.11. The Balaban J connectivity index is 1.94. The van der Waals surface area contributed by atoms with E-state index in [4.69, 9.17) is 0 Å². The lowest BCUT2D eigenvalue weighted by molar-refractivity contribution is -0.120. The van der Waals surface area contributed by atoms with Crippen molar-refractivity contribution in [3.05, 3.63) is 5.69 Å². The van der Waals surface area contributed by atoms with Gasteiger partial charge in [0.15, 0.2) is 5.13 Å². The van der Waals surface area contributed by atoms with Crippen molar-refractivity contribution in [1.29, 1.82) is 0 Å². The molecule has 0 unspecified atom stereocenters. The highest BCUT2D eigenvalue weighted by molar-refractivity contribution is 8.00. The average molecular weight is 286 g/mol. The van der Waals surface area contributed by atoms with E-state index in [0.717, 1.165) is 35.6 Å². The predicted molar refractivity (Wildman–Crippen MR) is 75.3 cm³/mol. The molecule has 1 aromatic rings. The van der Waals surface area contributed by atoms with E-state index >= 15 is 0 Å². The molecule has 0 saturated heterocycles. The third-order valence-corrected chi connectivity index (χ3v) is 5.49. The number of carbonyl (C=O) groups excluding carboxylic acids is 1. The van der Waals surface area contributed by atoms with Gasteiger partial charge < -0.3 is 10.4 Å². The Morgan fingerprint density at radius 3 is 2.78 bits per heavy atom. The minimum atomic E-state index is -0.793. The summed E-state index contributed by atoms with van der Waals surface area (Å²) < 4.78 is 1.12. The first-order chi connectivity index (χ1) is 8.52. The Kier molecular flexibility index (Phi) is 4.29. The van der Waals surface area contributed by atoms with Gasteiger partial charge in [-0.15, -0.1) is 11.8 Å². The van der Waals surface area contributed by atoms with Crippen LogP contribution in [0.4, 0.5) is 5.13 Å².